The number of hydrogen-bond acceptors (Lipinski definition) is 6. The van der Waals surface area contributed by atoms with Crippen molar-refractivity contribution in [2.45, 2.75) is 44.2 Å². The van der Waals surface area contributed by atoms with Crippen LogP contribution in [0.1, 0.15) is 32.3 Å². The molecule has 0 aliphatic heterocycles. The van der Waals surface area contributed by atoms with Gasteiger partial charge in [-0.3, -0.25) is 13.9 Å². The molecule has 3 aromatic rings. The van der Waals surface area contributed by atoms with Gasteiger partial charge < -0.3 is 19.7 Å². The van der Waals surface area contributed by atoms with Crippen LogP contribution in [0.2, 0.25) is 10.0 Å². The van der Waals surface area contributed by atoms with Crippen molar-refractivity contribution in [3.63, 3.8) is 0 Å². The van der Waals surface area contributed by atoms with Crippen LogP contribution in [0.3, 0.4) is 0 Å². The number of halogens is 2. The fourth-order valence-corrected chi connectivity index (χ4v) is 6.15. The standard InChI is InChI=1S/C30H35Cl2N3O6S/c1-5-6-17-33-30(37)21(2)34(19-24-25(31)13-10-14-26(24)32)29(36)20-35(42(38,39)23-11-8-7-9-12-23)27-18-22(40-3)15-16-28(27)41-4/h7-16,18,21H,5-6,17,19-20H2,1-4H3,(H,33,37). The predicted octanol–water partition coefficient (Wildman–Crippen LogP) is 5.54. The number of unbranched alkanes of at least 4 members (excludes halogenated alkanes) is 1. The lowest BCUT2D eigenvalue weighted by Gasteiger charge is -2.32. The van der Waals surface area contributed by atoms with Gasteiger partial charge in [-0.1, -0.05) is 60.8 Å². The van der Waals surface area contributed by atoms with Crippen LogP contribution in [0.25, 0.3) is 0 Å². The van der Waals surface area contributed by atoms with Crippen molar-refractivity contribution < 1.29 is 27.5 Å². The molecule has 2 amide bonds. The summed E-state index contributed by atoms with van der Waals surface area (Å²) in [7, 11) is -1.45. The van der Waals surface area contributed by atoms with E-state index >= 15 is 0 Å². The van der Waals surface area contributed by atoms with Crippen molar-refractivity contribution in [2.75, 3.05) is 31.6 Å². The number of amides is 2. The molecule has 0 aliphatic rings. The molecule has 1 unspecified atom stereocenters. The maximum atomic E-state index is 14.1. The first kappa shape index (κ1) is 33.0. The van der Waals surface area contributed by atoms with Crippen molar-refractivity contribution in [2.24, 2.45) is 0 Å². The highest BCUT2D eigenvalue weighted by Crippen LogP contribution is 2.36. The fourth-order valence-electron chi connectivity index (χ4n) is 4.20. The summed E-state index contributed by atoms with van der Waals surface area (Å²) in [6.45, 7) is 3.22. The van der Waals surface area contributed by atoms with Crippen LogP contribution < -0.4 is 19.1 Å². The molecule has 0 radical (unpaired) electrons. The molecule has 0 spiro atoms. The van der Waals surface area contributed by atoms with Crippen LogP contribution in [0.4, 0.5) is 5.69 Å². The second kappa shape index (κ2) is 15.1. The van der Waals surface area contributed by atoms with E-state index < -0.39 is 34.4 Å². The highest BCUT2D eigenvalue weighted by atomic mass is 35.5. The summed E-state index contributed by atoms with van der Waals surface area (Å²) in [6.07, 6.45) is 1.64. The van der Waals surface area contributed by atoms with Crippen molar-refractivity contribution >= 4 is 50.7 Å². The first-order valence-electron chi connectivity index (χ1n) is 13.3. The molecule has 0 aliphatic carbocycles. The van der Waals surface area contributed by atoms with Crippen molar-refractivity contribution in [1.29, 1.82) is 0 Å². The zero-order chi connectivity index (χ0) is 30.9. The Morgan fingerprint density at radius 1 is 0.952 bits per heavy atom. The quantitative estimate of drug-likeness (QED) is 0.233. The lowest BCUT2D eigenvalue weighted by atomic mass is 10.1. The Hall–Kier alpha value is -3.47. The first-order valence-corrected chi connectivity index (χ1v) is 15.5. The van der Waals surface area contributed by atoms with Gasteiger partial charge in [0, 0.05) is 34.8 Å². The average molecular weight is 637 g/mol. The highest BCUT2D eigenvalue weighted by molar-refractivity contribution is 7.92. The van der Waals surface area contributed by atoms with Crippen LogP contribution >= 0.6 is 23.2 Å². The van der Waals surface area contributed by atoms with Crippen LogP contribution in [-0.2, 0) is 26.2 Å². The Morgan fingerprint density at radius 3 is 2.21 bits per heavy atom. The maximum absolute atomic E-state index is 14.1. The Labute approximate surface area is 257 Å². The Kier molecular flexibility index (Phi) is 11.9. The molecule has 1 N–H and O–H groups in total. The number of nitrogens with zero attached hydrogens (tertiary/aromatic N) is 2. The lowest BCUT2D eigenvalue weighted by molar-refractivity contribution is -0.139. The molecule has 3 rings (SSSR count). The van der Waals surface area contributed by atoms with E-state index in [0.717, 1.165) is 17.1 Å². The number of nitrogens with one attached hydrogen (secondary N) is 1. The summed E-state index contributed by atoms with van der Waals surface area (Å²) in [6, 6.07) is 16.3. The first-order chi connectivity index (χ1) is 20.0. The number of hydrogen-bond donors (Lipinski definition) is 1. The minimum Gasteiger partial charge on any atom is -0.497 e. The molecule has 0 fully saturated rings. The number of anilines is 1. The lowest BCUT2D eigenvalue weighted by Crippen LogP contribution is -2.51. The van der Waals surface area contributed by atoms with E-state index in [0.29, 0.717) is 27.9 Å². The smallest absolute Gasteiger partial charge is 0.264 e. The molecule has 42 heavy (non-hydrogen) atoms. The van der Waals surface area contributed by atoms with Crippen molar-refractivity contribution in [3.8, 4) is 11.5 Å². The molecule has 0 heterocycles. The van der Waals surface area contributed by atoms with Crippen molar-refractivity contribution in [1.82, 2.24) is 10.2 Å². The van der Waals surface area contributed by atoms with Gasteiger partial charge in [0.2, 0.25) is 11.8 Å². The Bertz CT molecular complexity index is 1470. The third-order valence-corrected chi connectivity index (χ3v) is 9.13. The van der Waals surface area contributed by atoms with Gasteiger partial charge in [0.1, 0.15) is 24.1 Å². The molecule has 9 nitrogen and oxygen atoms in total. The van der Waals surface area contributed by atoms with Crippen LogP contribution in [0, 0.1) is 0 Å². The molecule has 1 atom stereocenters. The average Bonchev–Trinajstić information content (AvgIpc) is 2.99. The number of ether oxygens (including phenoxy) is 2. The third-order valence-electron chi connectivity index (χ3n) is 6.65. The molecule has 0 bridgehead atoms. The Morgan fingerprint density at radius 2 is 1.62 bits per heavy atom. The number of rotatable bonds is 14. The van der Waals surface area contributed by atoms with E-state index in [2.05, 4.69) is 5.32 Å². The molecule has 3 aromatic carbocycles. The Balaban J connectivity index is 2.12. The zero-order valence-corrected chi connectivity index (χ0v) is 26.3. The topological polar surface area (TPSA) is 105 Å². The number of benzene rings is 3. The van der Waals surface area contributed by atoms with E-state index in [1.165, 1.54) is 37.3 Å². The summed E-state index contributed by atoms with van der Waals surface area (Å²) in [5.74, 6) is -0.492. The second-order valence-electron chi connectivity index (χ2n) is 9.40. The summed E-state index contributed by atoms with van der Waals surface area (Å²) in [5.41, 5.74) is 0.517. The minimum atomic E-state index is -4.30. The molecule has 0 saturated carbocycles. The summed E-state index contributed by atoms with van der Waals surface area (Å²) < 4.78 is 39.9. The summed E-state index contributed by atoms with van der Waals surface area (Å²) >= 11 is 12.9. The number of carbonyl (C=O) groups excluding carboxylic acids is 2. The minimum absolute atomic E-state index is 0.0336. The van der Waals surface area contributed by atoms with Gasteiger partial charge in [0.05, 0.1) is 24.8 Å². The van der Waals surface area contributed by atoms with Gasteiger partial charge in [-0.15, -0.1) is 0 Å². The normalized spacial score (nSPS) is 11.9. The van der Waals surface area contributed by atoms with E-state index in [1.807, 2.05) is 6.92 Å². The van der Waals surface area contributed by atoms with Gasteiger partial charge in [-0.2, -0.15) is 0 Å². The van der Waals surface area contributed by atoms with Crippen molar-refractivity contribution in [3.05, 3.63) is 82.3 Å². The second-order valence-corrected chi connectivity index (χ2v) is 12.1. The molecule has 12 heteroatoms. The van der Waals surface area contributed by atoms with E-state index in [9.17, 15) is 18.0 Å². The van der Waals surface area contributed by atoms with Crippen LogP contribution in [0.5, 0.6) is 11.5 Å². The number of sulfonamides is 1. The largest absolute Gasteiger partial charge is 0.497 e. The summed E-state index contributed by atoms with van der Waals surface area (Å²) in [5, 5.41) is 3.46. The van der Waals surface area contributed by atoms with Crippen LogP contribution in [0.15, 0.2) is 71.6 Å². The summed E-state index contributed by atoms with van der Waals surface area (Å²) in [4.78, 5) is 28.5. The van der Waals surface area contributed by atoms with Gasteiger partial charge in [0.15, 0.2) is 0 Å². The number of methoxy groups -OCH3 is 2. The maximum Gasteiger partial charge on any atom is 0.264 e. The number of carbonyl (C=O) groups is 2. The van der Waals surface area contributed by atoms with Gasteiger partial charge >= 0.3 is 0 Å². The monoisotopic (exact) mass is 635 g/mol. The molecule has 0 saturated heterocycles. The SMILES string of the molecule is CCCCNC(=O)C(C)N(Cc1c(Cl)cccc1Cl)C(=O)CN(c1cc(OC)ccc1OC)S(=O)(=O)c1ccccc1. The van der Waals surface area contributed by atoms with Gasteiger partial charge in [0.25, 0.3) is 10.0 Å². The van der Waals surface area contributed by atoms with E-state index in [1.54, 1.807) is 55.5 Å². The molecule has 226 valence electrons. The zero-order valence-electron chi connectivity index (χ0n) is 24.0. The molecular formula is C30H35Cl2N3O6S. The molecular weight excluding hydrogens is 601 g/mol. The van der Waals surface area contributed by atoms with E-state index in [4.69, 9.17) is 32.7 Å². The fraction of sp³-hybridized carbons (Fsp3) is 0.333. The molecule has 0 aromatic heterocycles. The van der Waals surface area contributed by atoms with E-state index in [-0.39, 0.29) is 22.9 Å². The highest BCUT2D eigenvalue weighted by Gasteiger charge is 2.34. The predicted molar refractivity (Wildman–Crippen MR) is 165 cm³/mol. The van der Waals surface area contributed by atoms with Gasteiger partial charge in [-0.05, 0) is 49.7 Å². The third kappa shape index (κ3) is 7.87. The van der Waals surface area contributed by atoms with Gasteiger partial charge in [-0.25, -0.2) is 8.42 Å². The van der Waals surface area contributed by atoms with Crippen LogP contribution in [-0.4, -0.2) is 58.5 Å².